The van der Waals surface area contributed by atoms with Gasteiger partial charge in [-0.3, -0.25) is 4.90 Å². The van der Waals surface area contributed by atoms with Gasteiger partial charge in [0.1, 0.15) is 12.0 Å². The number of aromatic nitrogens is 1. The van der Waals surface area contributed by atoms with E-state index in [1.807, 2.05) is 12.1 Å². The number of oxazole rings is 1. The van der Waals surface area contributed by atoms with Gasteiger partial charge in [0.15, 0.2) is 5.96 Å². The maximum absolute atomic E-state index is 5.66. The molecule has 1 aromatic heterocycles. The molecule has 1 aromatic carbocycles. The summed E-state index contributed by atoms with van der Waals surface area (Å²) in [5.41, 5.74) is 3.07. The Labute approximate surface area is 167 Å². The second-order valence-corrected chi connectivity index (χ2v) is 7.49. The van der Waals surface area contributed by atoms with E-state index in [0.29, 0.717) is 18.5 Å². The summed E-state index contributed by atoms with van der Waals surface area (Å²) in [5, 5.41) is 3.43. The number of aryl methyl sites for hydroxylation is 1. The number of likely N-dealkylation sites (tertiary alicyclic amines) is 1. The molecule has 4 rings (SSSR count). The molecule has 3 heterocycles. The van der Waals surface area contributed by atoms with Crippen LogP contribution in [0.4, 0.5) is 0 Å². The Bertz CT molecular complexity index is 831. The Morgan fingerprint density at radius 1 is 1.25 bits per heavy atom. The first-order valence-corrected chi connectivity index (χ1v) is 10.2. The van der Waals surface area contributed by atoms with Crippen LogP contribution in [0.3, 0.4) is 0 Å². The van der Waals surface area contributed by atoms with Crippen LogP contribution in [0.5, 0.6) is 0 Å². The summed E-state index contributed by atoms with van der Waals surface area (Å²) in [6.07, 6.45) is 7.43. The van der Waals surface area contributed by atoms with Crippen LogP contribution >= 0.6 is 0 Å². The standard InChI is InChI=1S/C22H29N5O/c1-3-23-22(27-13-10-20(15-27)26-11-4-5-12-26)24-14-19-16-28-21(25-19)18-8-6-17(2)7-9-18/h4-9,16,20H,3,10-15H2,1-2H3,(H,23,24). The largest absolute Gasteiger partial charge is 0.444 e. The Balaban J connectivity index is 1.40. The van der Waals surface area contributed by atoms with Crippen LogP contribution in [0.1, 0.15) is 24.6 Å². The van der Waals surface area contributed by atoms with Crippen molar-refractivity contribution >= 4 is 5.96 Å². The van der Waals surface area contributed by atoms with E-state index < -0.39 is 0 Å². The van der Waals surface area contributed by atoms with Gasteiger partial charge < -0.3 is 14.6 Å². The fraction of sp³-hybridized carbons (Fsp3) is 0.455. The van der Waals surface area contributed by atoms with E-state index in [-0.39, 0.29) is 0 Å². The average molecular weight is 380 g/mol. The maximum atomic E-state index is 5.66. The highest BCUT2D eigenvalue weighted by Crippen LogP contribution is 2.20. The zero-order valence-electron chi connectivity index (χ0n) is 16.8. The molecule has 28 heavy (non-hydrogen) atoms. The number of rotatable bonds is 5. The minimum atomic E-state index is 0.518. The first-order valence-electron chi connectivity index (χ1n) is 10.2. The number of benzene rings is 1. The SMILES string of the molecule is CCNC(=NCc1coc(-c2ccc(C)cc2)n1)N1CCC(N2CC=CC2)C1. The van der Waals surface area contributed by atoms with Gasteiger partial charge in [-0.15, -0.1) is 0 Å². The molecule has 1 fully saturated rings. The van der Waals surface area contributed by atoms with E-state index in [0.717, 1.165) is 49.9 Å². The molecule has 0 spiro atoms. The van der Waals surface area contributed by atoms with E-state index in [4.69, 9.17) is 9.41 Å². The number of hydrogen-bond donors (Lipinski definition) is 1. The molecule has 1 unspecified atom stereocenters. The summed E-state index contributed by atoms with van der Waals surface area (Å²) < 4.78 is 5.66. The number of nitrogens with one attached hydrogen (secondary N) is 1. The Hall–Kier alpha value is -2.60. The lowest BCUT2D eigenvalue weighted by Gasteiger charge is -2.25. The predicted octanol–water partition coefficient (Wildman–Crippen LogP) is 3.06. The van der Waals surface area contributed by atoms with Crippen molar-refractivity contribution in [2.45, 2.75) is 32.9 Å². The second-order valence-electron chi connectivity index (χ2n) is 7.49. The van der Waals surface area contributed by atoms with Gasteiger partial charge in [0.25, 0.3) is 0 Å². The molecule has 148 valence electrons. The topological polar surface area (TPSA) is 56.9 Å². The number of nitrogens with zero attached hydrogens (tertiary/aromatic N) is 4. The molecule has 2 aromatic rings. The van der Waals surface area contributed by atoms with E-state index in [1.54, 1.807) is 6.26 Å². The third kappa shape index (κ3) is 4.28. The molecule has 2 aliphatic rings. The van der Waals surface area contributed by atoms with Crippen molar-refractivity contribution in [1.82, 2.24) is 20.1 Å². The number of guanidine groups is 1. The molecule has 6 nitrogen and oxygen atoms in total. The fourth-order valence-corrected chi connectivity index (χ4v) is 3.81. The molecule has 1 atom stereocenters. The number of aliphatic imine (C=N–C) groups is 1. The summed E-state index contributed by atoms with van der Waals surface area (Å²) in [4.78, 5) is 14.3. The minimum Gasteiger partial charge on any atom is -0.444 e. The highest BCUT2D eigenvalue weighted by Gasteiger charge is 2.29. The Morgan fingerprint density at radius 2 is 2.04 bits per heavy atom. The molecule has 1 saturated heterocycles. The van der Waals surface area contributed by atoms with Crippen LogP contribution in [0, 0.1) is 6.92 Å². The molecule has 0 aliphatic carbocycles. The van der Waals surface area contributed by atoms with Crippen molar-refractivity contribution in [1.29, 1.82) is 0 Å². The summed E-state index contributed by atoms with van der Waals surface area (Å²) in [6.45, 7) is 9.79. The molecular formula is C22H29N5O. The van der Waals surface area contributed by atoms with Crippen LogP contribution in [0.25, 0.3) is 11.5 Å². The van der Waals surface area contributed by atoms with Crippen molar-refractivity contribution in [3.8, 4) is 11.5 Å². The van der Waals surface area contributed by atoms with E-state index in [9.17, 15) is 0 Å². The van der Waals surface area contributed by atoms with Gasteiger partial charge in [-0.1, -0.05) is 29.8 Å². The molecule has 0 bridgehead atoms. The lowest BCUT2D eigenvalue weighted by atomic mass is 10.1. The van der Waals surface area contributed by atoms with Crippen molar-refractivity contribution in [2.75, 3.05) is 32.7 Å². The third-order valence-electron chi connectivity index (χ3n) is 5.40. The third-order valence-corrected chi connectivity index (χ3v) is 5.40. The first-order chi connectivity index (χ1) is 13.7. The van der Waals surface area contributed by atoms with Gasteiger partial charge in [0.05, 0.1) is 6.54 Å². The molecule has 0 amide bonds. The van der Waals surface area contributed by atoms with Crippen molar-refractivity contribution < 1.29 is 4.42 Å². The molecule has 0 radical (unpaired) electrons. The quantitative estimate of drug-likeness (QED) is 0.492. The van der Waals surface area contributed by atoms with E-state index >= 15 is 0 Å². The molecule has 1 N–H and O–H groups in total. The van der Waals surface area contributed by atoms with E-state index in [2.05, 4.69) is 58.2 Å². The predicted molar refractivity (Wildman–Crippen MR) is 112 cm³/mol. The fourth-order valence-electron chi connectivity index (χ4n) is 3.81. The van der Waals surface area contributed by atoms with Crippen LogP contribution in [0.2, 0.25) is 0 Å². The normalized spacial score (nSPS) is 20.3. The van der Waals surface area contributed by atoms with Crippen molar-refractivity contribution in [2.24, 2.45) is 4.99 Å². The minimum absolute atomic E-state index is 0.518. The molecule has 6 heteroatoms. The van der Waals surface area contributed by atoms with Crippen molar-refractivity contribution in [3.63, 3.8) is 0 Å². The van der Waals surface area contributed by atoms with Gasteiger partial charge in [0.2, 0.25) is 5.89 Å². The molecule has 2 aliphatic heterocycles. The summed E-state index contributed by atoms with van der Waals surface area (Å²) in [7, 11) is 0. The Morgan fingerprint density at radius 3 is 2.79 bits per heavy atom. The van der Waals surface area contributed by atoms with Crippen LogP contribution in [0.15, 0.2) is 52.1 Å². The lowest BCUT2D eigenvalue weighted by Crippen LogP contribution is -2.42. The molecular weight excluding hydrogens is 350 g/mol. The van der Waals surface area contributed by atoms with Gasteiger partial charge >= 0.3 is 0 Å². The van der Waals surface area contributed by atoms with Crippen LogP contribution in [-0.4, -0.2) is 59.5 Å². The monoisotopic (exact) mass is 379 g/mol. The van der Waals surface area contributed by atoms with Gasteiger partial charge in [-0.2, -0.15) is 0 Å². The maximum Gasteiger partial charge on any atom is 0.226 e. The summed E-state index contributed by atoms with van der Waals surface area (Å²) >= 11 is 0. The smallest absolute Gasteiger partial charge is 0.226 e. The van der Waals surface area contributed by atoms with Gasteiger partial charge in [0, 0.05) is 44.3 Å². The average Bonchev–Trinajstić information content (AvgIpc) is 3.47. The lowest BCUT2D eigenvalue weighted by molar-refractivity contribution is 0.259. The molecule has 0 saturated carbocycles. The van der Waals surface area contributed by atoms with Crippen LogP contribution in [-0.2, 0) is 6.54 Å². The zero-order valence-corrected chi connectivity index (χ0v) is 16.8. The highest BCUT2D eigenvalue weighted by molar-refractivity contribution is 5.80. The van der Waals surface area contributed by atoms with Gasteiger partial charge in [-0.25, -0.2) is 9.98 Å². The van der Waals surface area contributed by atoms with Gasteiger partial charge in [-0.05, 0) is 32.4 Å². The summed E-state index contributed by atoms with van der Waals surface area (Å²) in [6, 6.07) is 8.82. The zero-order chi connectivity index (χ0) is 19.3. The Kier molecular flexibility index (Phi) is 5.76. The number of hydrogen-bond acceptors (Lipinski definition) is 4. The highest BCUT2D eigenvalue weighted by atomic mass is 16.3. The second kappa shape index (κ2) is 8.61. The van der Waals surface area contributed by atoms with E-state index in [1.165, 1.54) is 12.0 Å². The first kappa shape index (κ1) is 18.7. The summed E-state index contributed by atoms with van der Waals surface area (Å²) in [5.74, 6) is 1.62. The van der Waals surface area contributed by atoms with Crippen LogP contribution < -0.4 is 5.32 Å². The van der Waals surface area contributed by atoms with Crippen molar-refractivity contribution in [3.05, 3.63) is 53.9 Å².